The van der Waals surface area contributed by atoms with Crippen LogP contribution in [0.4, 0.5) is 5.82 Å². The molecule has 8 heteroatoms. The van der Waals surface area contributed by atoms with E-state index in [1.54, 1.807) is 18.6 Å². The lowest BCUT2D eigenvalue weighted by Crippen LogP contribution is -2.36. The molecular formula is C22H24N6O2. The SMILES string of the molecule is Nc1cnc(-c2ccc(Oc3cncc(CCCN4CCCCC4=O)n3)cc2)cn1. The van der Waals surface area contributed by atoms with Crippen molar-refractivity contribution in [1.82, 2.24) is 24.8 Å². The molecule has 3 aromatic rings. The molecule has 154 valence electrons. The molecule has 3 heterocycles. The van der Waals surface area contributed by atoms with Gasteiger partial charge in [0, 0.05) is 31.3 Å². The van der Waals surface area contributed by atoms with Gasteiger partial charge in [-0.25, -0.2) is 9.97 Å². The van der Waals surface area contributed by atoms with E-state index in [2.05, 4.69) is 19.9 Å². The molecular weight excluding hydrogens is 380 g/mol. The van der Waals surface area contributed by atoms with Crippen molar-refractivity contribution in [2.75, 3.05) is 18.8 Å². The molecule has 0 radical (unpaired) electrons. The van der Waals surface area contributed by atoms with Gasteiger partial charge in [-0.05, 0) is 49.9 Å². The fourth-order valence-corrected chi connectivity index (χ4v) is 3.41. The lowest BCUT2D eigenvalue weighted by atomic mass is 10.1. The Morgan fingerprint density at radius 2 is 1.90 bits per heavy atom. The second-order valence-corrected chi connectivity index (χ2v) is 7.24. The summed E-state index contributed by atoms with van der Waals surface area (Å²) in [4.78, 5) is 30.9. The second kappa shape index (κ2) is 9.30. The van der Waals surface area contributed by atoms with E-state index in [9.17, 15) is 4.79 Å². The standard InChI is InChI=1S/C22H24N6O2/c23-20-14-25-19(13-26-20)16-6-8-18(9-7-16)30-21-15-24-12-17(27-21)4-3-11-28-10-2-1-5-22(28)29/h6-9,12-15H,1-5,10-11H2,(H2,23,26). The van der Waals surface area contributed by atoms with E-state index in [1.807, 2.05) is 29.2 Å². The van der Waals surface area contributed by atoms with Gasteiger partial charge < -0.3 is 15.4 Å². The van der Waals surface area contributed by atoms with Crippen molar-refractivity contribution < 1.29 is 9.53 Å². The van der Waals surface area contributed by atoms with Crippen LogP contribution >= 0.6 is 0 Å². The average Bonchev–Trinajstić information content (AvgIpc) is 2.77. The first-order chi connectivity index (χ1) is 14.7. The molecule has 0 saturated carbocycles. The van der Waals surface area contributed by atoms with Gasteiger partial charge >= 0.3 is 0 Å². The lowest BCUT2D eigenvalue weighted by molar-refractivity contribution is -0.133. The van der Waals surface area contributed by atoms with Crippen LogP contribution < -0.4 is 10.5 Å². The van der Waals surface area contributed by atoms with Gasteiger partial charge in [0.15, 0.2) is 0 Å². The molecule has 1 aliphatic heterocycles. The second-order valence-electron chi connectivity index (χ2n) is 7.24. The first-order valence-corrected chi connectivity index (χ1v) is 10.1. The number of anilines is 1. The molecule has 0 spiro atoms. The minimum Gasteiger partial charge on any atom is -0.437 e. The molecule has 0 atom stereocenters. The largest absolute Gasteiger partial charge is 0.437 e. The summed E-state index contributed by atoms with van der Waals surface area (Å²) in [7, 11) is 0. The Morgan fingerprint density at radius 1 is 1.03 bits per heavy atom. The molecule has 1 aromatic carbocycles. The summed E-state index contributed by atoms with van der Waals surface area (Å²) >= 11 is 0. The van der Waals surface area contributed by atoms with Crippen LogP contribution in [0.1, 0.15) is 31.4 Å². The van der Waals surface area contributed by atoms with Crippen molar-refractivity contribution in [2.24, 2.45) is 0 Å². The van der Waals surface area contributed by atoms with Gasteiger partial charge in [-0.3, -0.25) is 14.8 Å². The zero-order valence-corrected chi connectivity index (χ0v) is 16.7. The molecule has 2 N–H and O–H groups in total. The van der Waals surface area contributed by atoms with Gasteiger partial charge in [0.05, 0.1) is 30.0 Å². The number of rotatable bonds is 7. The van der Waals surface area contributed by atoms with Crippen molar-refractivity contribution in [2.45, 2.75) is 32.1 Å². The molecule has 0 bridgehead atoms. The molecule has 1 saturated heterocycles. The van der Waals surface area contributed by atoms with Gasteiger partial charge in [-0.1, -0.05) is 0 Å². The number of nitrogens with zero attached hydrogens (tertiary/aromatic N) is 5. The predicted octanol–water partition coefficient (Wildman–Crippen LogP) is 3.25. The smallest absolute Gasteiger partial charge is 0.238 e. The first-order valence-electron chi connectivity index (χ1n) is 10.1. The number of aromatic nitrogens is 4. The summed E-state index contributed by atoms with van der Waals surface area (Å²) in [6.45, 7) is 1.63. The van der Waals surface area contributed by atoms with Gasteiger partial charge in [0.1, 0.15) is 11.6 Å². The zero-order valence-electron chi connectivity index (χ0n) is 16.7. The molecule has 4 rings (SSSR count). The lowest BCUT2D eigenvalue weighted by Gasteiger charge is -2.26. The maximum absolute atomic E-state index is 11.9. The average molecular weight is 404 g/mol. The molecule has 30 heavy (non-hydrogen) atoms. The van der Waals surface area contributed by atoms with Crippen LogP contribution in [0.5, 0.6) is 11.6 Å². The molecule has 8 nitrogen and oxygen atoms in total. The minimum absolute atomic E-state index is 0.262. The van der Waals surface area contributed by atoms with Crippen LogP contribution in [0.2, 0.25) is 0 Å². The van der Waals surface area contributed by atoms with E-state index in [-0.39, 0.29) is 5.91 Å². The van der Waals surface area contributed by atoms with E-state index in [1.165, 1.54) is 6.20 Å². The van der Waals surface area contributed by atoms with Crippen LogP contribution in [0.3, 0.4) is 0 Å². The van der Waals surface area contributed by atoms with Crippen molar-refractivity contribution in [3.05, 3.63) is 54.7 Å². The number of hydrogen-bond donors (Lipinski definition) is 1. The Bertz CT molecular complexity index is 991. The van der Waals surface area contributed by atoms with Crippen LogP contribution in [0, 0.1) is 0 Å². The monoisotopic (exact) mass is 404 g/mol. The van der Waals surface area contributed by atoms with Crippen LogP contribution in [0.25, 0.3) is 11.3 Å². The zero-order chi connectivity index (χ0) is 20.8. The van der Waals surface area contributed by atoms with Gasteiger partial charge in [-0.15, -0.1) is 0 Å². The molecule has 2 aromatic heterocycles. The Labute approximate surface area is 175 Å². The molecule has 1 amide bonds. The van der Waals surface area contributed by atoms with Crippen molar-refractivity contribution in [3.63, 3.8) is 0 Å². The van der Waals surface area contributed by atoms with Gasteiger partial charge in [-0.2, -0.15) is 0 Å². The maximum atomic E-state index is 11.9. The number of benzene rings is 1. The Balaban J connectivity index is 1.33. The number of nitrogens with two attached hydrogens (primary N) is 1. The van der Waals surface area contributed by atoms with Crippen molar-refractivity contribution in [1.29, 1.82) is 0 Å². The molecule has 1 aliphatic rings. The third-order valence-electron chi connectivity index (χ3n) is 4.99. The van der Waals surface area contributed by atoms with Crippen LogP contribution in [0.15, 0.2) is 49.1 Å². The summed E-state index contributed by atoms with van der Waals surface area (Å²) < 4.78 is 5.85. The summed E-state index contributed by atoms with van der Waals surface area (Å²) in [6.07, 6.45) is 10.9. The third kappa shape index (κ3) is 5.08. The van der Waals surface area contributed by atoms with Crippen LogP contribution in [-0.4, -0.2) is 43.8 Å². The highest BCUT2D eigenvalue weighted by Crippen LogP contribution is 2.24. The summed E-state index contributed by atoms with van der Waals surface area (Å²) in [5, 5.41) is 0. The summed E-state index contributed by atoms with van der Waals surface area (Å²) in [5.74, 6) is 1.76. The van der Waals surface area contributed by atoms with E-state index in [0.717, 1.165) is 55.7 Å². The molecule has 0 unspecified atom stereocenters. The quantitative estimate of drug-likeness (QED) is 0.644. The fraction of sp³-hybridized carbons (Fsp3) is 0.318. The highest BCUT2D eigenvalue weighted by atomic mass is 16.5. The minimum atomic E-state index is 0.262. The molecule has 1 fully saturated rings. The fourth-order valence-electron chi connectivity index (χ4n) is 3.41. The van der Waals surface area contributed by atoms with Crippen LogP contribution in [-0.2, 0) is 11.2 Å². The number of aryl methyl sites for hydroxylation is 1. The molecule has 0 aliphatic carbocycles. The van der Waals surface area contributed by atoms with E-state index >= 15 is 0 Å². The highest BCUT2D eigenvalue weighted by Gasteiger charge is 2.17. The number of likely N-dealkylation sites (tertiary alicyclic amines) is 1. The van der Waals surface area contributed by atoms with E-state index in [4.69, 9.17) is 10.5 Å². The van der Waals surface area contributed by atoms with Crippen molar-refractivity contribution >= 4 is 11.7 Å². The number of carbonyl (C=O) groups is 1. The normalized spacial score (nSPS) is 14.0. The topological polar surface area (TPSA) is 107 Å². The summed E-state index contributed by atoms with van der Waals surface area (Å²) in [6, 6.07) is 7.51. The number of ether oxygens (including phenoxy) is 1. The van der Waals surface area contributed by atoms with Crippen molar-refractivity contribution in [3.8, 4) is 22.9 Å². The van der Waals surface area contributed by atoms with E-state index in [0.29, 0.717) is 23.9 Å². The number of hydrogen-bond acceptors (Lipinski definition) is 7. The van der Waals surface area contributed by atoms with E-state index < -0.39 is 0 Å². The van der Waals surface area contributed by atoms with Gasteiger partial charge in [0.25, 0.3) is 0 Å². The Kier molecular flexibility index (Phi) is 6.12. The number of carbonyl (C=O) groups excluding carboxylic acids is 1. The third-order valence-corrected chi connectivity index (χ3v) is 4.99. The Hall–Kier alpha value is -3.55. The van der Waals surface area contributed by atoms with Gasteiger partial charge in [0.2, 0.25) is 11.8 Å². The first kappa shape index (κ1) is 19.8. The number of amides is 1. The Morgan fingerprint density at radius 3 is 2.67 bits per heavy atom. The number of nitrogen functional groups attached to an aromatic ring is 1. The maximum Gasteiger partial charge on any atom is 0.238 e. The summed E-state index contributed by atoms with van der Waals surface area (Å²) in [5.41, 5.74) is 8.09. The number of piperidine rings is 1. The highest BCUT2D eigenvalue weighted by molar-refractivity contribution is 5.76. The predicted molar refractivity (Wildman–Crippen MR) is 113 cm³/mol.